The molecular formula is C27H27ClN6O. The third-order valence-electron chi connectivity index (χ3n) is 6.42. The van der Waals surface area contributed by atoms with E-state index in [0.29, 0.717) is 22.5 Å². The summed E-state index contributed by atoms with van der Waals surface area (Å²) in [5.74, 6) is 0.334. The summed E-state index contributed by atoms with van der Waals surface area (Å²) in [5, 5.41) is 1.43. The fraction of sp³-hybridized carbons (Fsp3) is 0.222. The van der Waals surface area contributed by atoms with Crippen molar-refractivity contribution in [3.63, 3.8) is 0 Å². The number of amides is 1. The summed E-state index contributed by atoms with van der Waals surface area (Å²) in [5.41, 5.74) is 10.5. The molecule has 2 heterocycles. The van der Waals surface area contributed by atoms with E-state index in [9.17, 15) is 4.79 Å². The van der Waals surface area contributed by atoms with Gasteiger partial charge in [-0.3, -0.25) is 9.69 Å². The van der Waals surface area contributed by atoms with Crippen LogP contribution in [0, 0.1) is 0 Å². The summed E-state index contributed by atoms with van der Waals surface area (Å²) in [7, 11) is 3.87. The maximum atomic E-state index is 12.8. The highest BCUT2D eigenvalue weighted by Crippen LogP contribution is 2.35. The van der Waals surface area contributed by atoms with E-state index in [1.807, 2.05) is 65.4 Å². The van der Waals surface area contributed by atoms with Gasteiger partial charge in [0.25, 0.3) is 0 Å². The van der Waals surface area contributed by atoms with E-state index >= 15 is 0 Å². The molecule has 0 unspecified atom stereocenters. The van der Waals surface area contributed by atoms with Gasteiger partial charge in [-0.05, 0) is 55.8 Å². The van der Waals surface area contributed by atoms with Gasteiger partial charge in [0, 0.05) is 53.9 Å². The van der Waals surface area contributed by atoms with Crippen LogP contribution in [0.15, 0.2) is 73.2 Å². The van der Waals surface area contributed by atoms with Crippen molar-refractivity contribution < 1.29 is 4.79 Å². The molecule has 1 saturated carbocycles. The smallest absolute Gasteiger partial charge is 0.250 e. The van der Waals surface area contributed by atoms with Gasteiger partial charge in [0.15, 0.2) is 5.65 Å². The monoisotopic (exact) mass is 486 g/mol. The molecule has 1 aliphatic carbocycles. The molecule has 1 aliphatic rings. The molecule has 178 valence electrons. The van der Waals surface area contributed by atoms with Crippen LogP contribution in [0.2, 0.25) is 5.02 Å². The zero-order chi connectivity index (χ0) is 24.5. The molecule has 0 atom stereocenters. The highest BCUT2D eigenvalue weighted by Gasteiger charge is 2.25. The van der Waals surface area contributed by atoms with Crippen molar-refractivity contribution in [2.24, 2.45) is 0 Å². The Morgan fingerprint density at radius 2 is 1.94 bits per heavy atom. The van der Waals surface area contributed by atoms with Crippen molar-refractivity contribution in [2.75, 3.05) is 31.3 Å². The zero-order valence-corrected chi connectivity index (χ0v) is 20.5. The minimum Gasteiger partial charge on any atom is -0.383 e. The van der Waals surface area contributed by atoms with Gasteiger partial charge < -0.3 is 15.2 Å². The highest BCUT2D eigenvalue weighted by atomic mass is 35.5. The first-order chi connectivity index (χ1) is 16.9. The number of benzene rings is 2. The molecule has 0 spiro atoms. The van der Waals surface area contributed by atoms with Gasteiger partial charge in [-0.15, -0.1) is 0 Å². The number of likely N-dealkylation sites (N-methyl/N-ethyl adjacent to an activating group) is 2. The molecule has 1 fully saturated rings. The van der Waals surface area contributed by atoms with Crippen LogP contribution in [0.4, 0.5) is 11.5 Å². The lowest BCUT2D eigenvalue weighted by Crippen LogP contribution is -2.25. The molecule has 8 heteroatoms. The Morgan fingerprint density at radius 3 is 2.69 bits per heavy atom. The second-order valence-corrected chi connectivity index (χ2v) is 9.30. The lowest BCUT2D eigenvalue weighted by atomic mass is 10.1. The van der Waals surface area contributed by atoms with E-state index in [-0.39, 0.29) is 5.91 Å². The molecule has 7 nitrogen and oxygen atoms in total. The number of nitrogens with zero attached hydrogens (tertiary/aromatic N) is 5. The largest absolute Gasteiger partial charge is 0.383 e. The Labute approximate surface area is 209 Å². The third-order valence-corrected chi connectivity index (χ3v) is 6.67. The molecule has 0 saturated heterocycles. The highest BCUT2D eigenvalue weighted by molar-refractivity contribution is 6.30. The molecule has 5 rings (SSSR count). The first kappa shape index (κ1) is 23.1. The van der Waals surface area contributed by atoms with Crippen molar-refractivity contribution in [1.82, 2.24) is 19.4 Å². The number of nitrogens with two attached hydrogens (primary N) is 1. The van der Waals surface area contributed by atoms with E-state index < -0.39 is 0 Å². The summed E-state index contributed by atoms with van der Waals surface area (Å²) in [6.07, 6.45) is 9.52. The van der Waals surface area contributed by atoms with Gasteiger partial charge >= 0.3 is 0 Å². The standard InChI is InChI=1S/C27H27ClN6O/c1-32(20-12-13-20)14-4-7-24(35)33(2)21-5-3-6-22(15-21)34-16-23(18-8-10-19(28)11-9-18)25-26(29)30-17-31-27(25)34/h3-11,15-17,20H,12-14H2,1-2H3,(H2,29,30,31)/b7-4+. The topological polar surface area (TPSA) is 80.3 Å². The van der Waals surface area contributed by atoms with Crippen molar-refractivity contribution in [3.05, 3.63) is 78.2 Å². The number of anilines is 2. The van der Waals surface area contributed by atoms with Gasteiger partial charge in [-0.1, -0.05) is 35.9 Å². The number of fused-ring (bicyclic) bond motifs is 1. The molecule has 35 heavy (non-hydrogen) atoms. The van der Waals surface area contributed by atoms with E-state index in [4.69, 9.17) is 17.3 Å². The van der Waals surface area contributed by atoms with E-state index in [2.05, 4.69) is 21.9 Å². The number of halogens is 1. The predicted molar refractivity (Wildman–Crippen MR) is 142 cm³/mol. The molecule has 2 aromatic heterocycles. The maximum Gasteiger partial charge on any atom is 0.250 e. The number of nitrogen functional groups attached to an aromatic ring is 1. The molecule has 2 aromatic carbocycles. The Kier molecular flexibility index (Phi) is 6.28. The van der Waals surface area contributed by atoms with Crippen LogP contribution < -0.4 is 10.6 Å². The van der Waals surface area contributed by atoms with Crippen LogP contribution in [0.5, 0.6) is 0 Å². The Hall–Kier alpha value is -3.68. The van der Waals surface area contributed by atoms with Crippen molar-refractivity contribution >= 4 is 40.0 Å². The van der Waals surface area contributed by atoms with Crippen LogP contribution in [0.25, 0.3) is 27.8 Å². The van der Waals surface area contributed by atoms with E-state index in [1.165, 1.54) is 19.2 Å². The zero-order valence-electron chi connectivity index (χ0n) is 19.7. The van der Waals surface area contributed by atoms with Gasteiger partial charge in [-0.2, -0.15) is 0 Å². The van der Waals surface area contributed by atoms with Gasteiger partial charge in [0.1, 0.15) is 12.1 Å². The fourth-order valence-corrected chi connectivity index (χ4v) is 4.33. The predicted octanol–water partition coefficient (Wildman–Crippen LogP) is 4.94. The normalized spacial score (nSPS) is 13.7. The van der Waals surface area contributed by atoms with Crippen LogP contribution in [-0.2, 0) is 4.79 Å². The Bertz CT molecular complexity index is 1410. The van der Waals surface area contributed by atoms with Crippen molar-refractivity contribution in [1.29, 1.82) is 0 Å². The average Bonchev–Trinajstić information content (AvgIpc) is 3.65. The van der Waals surface area contributed by atoms with Crippen LogP contribution >= 0.6 is 11.6 Å². The third kappa shape index (κ3) is 4.78. The number of aromatic nitrogens is 3. The van der Waals surface area contributed by atoms with Crippen LogP contribution in [-0.4, -0.2) is 52.0 Å². The maximum absolute atomic E-state index is 12.8. The lowest BCUT2D eigenvalue weighted by Gasteiger charge is -2.17. The van der Waals surface area contributed by atoms with Gasteiger partial charge in [0.05, 0.1) is 5.39 Å². The first-order valence-corrected chi connectivity index (χ1v) is 11.9. The molecule has 0 bridgehead atoms. The number of carbonyl (C=O) groups excluding carboxylic acids is 1. The number of rotatable bonds is 7. The summed E-state index contributed by atoms with van der Waals surface area (Å²) in [6, 6.07) is 16.0. The van der Waals surface area contributed by atoms with E-state index in [0.717, 1.165) is 34.4 Å². The van der Waals surface area contributed by atoms with Crippen LogP contribution in [0.1, 0.15) is 12.8 Å². The van der Waals surface area contributed by atoms with Gasteiger partial charge in [-0.25, -0.2) is 9.97 Å². The molecular weight excluding hydrogens is 460 g/mol. The Morgan fingerprint density at radius 1 is 1.17 bits per heavy atom. The fourth-order valence-electron chi connectivity index (χ4n) is 4.21. The first-order valence-electron chi connectivity index (χ1n) is 11.5. The molecule has 4 aromatic rings. The molecule has 0 aliphatic heterocycles. The van der Waals surface area contributed by atoms with Crippen molar-refractivity contribution in [2.45, 2.75) is 18.9 Å². The average molecular weight is 487 g/mol. The molecule has 1 amide bonds. The summed E-state index contributed by atoms with van der Waals surface area (Å²) in [6.45, 7) is 0.772. The minimum atomic E-state index is -0.0721. The van der Waals surface area contributed by atoms with E-state index in [1.54, 1.807) is 18.0 Å². The number of hydrogen-bond acceptors (Lipinski definition) is 5. The quantitative estimate of drug-likeness (QED) is 0.374. The summed E-state index contributed by atoms with van der Waals surface area (Å²) < 4.78 is 1.97. The van der Waals surface area contributed by atoms with Crippen molar-refractivity contribution in [3.8, 4) is 16.8 Å². The second-order valence-electron chi connectivity index (χ2n) is 8.87. The van der Waals surface area contributed by atoms with Crippen LogP contribution in [0.3, 0.4) is 0 Å². The summed E-state index contributed by atoms with van der Waals surface area (Å²) in [4.78, 5) is 25.4. The van der Waals surface area contributed by atoms with Gasteiger partial charge in [0.2, 0.25) is 5.91 Å². The molecule has 0 radical (unpaired) electrons. The number of carbonyl (C=O) groups is 1. The molecule has 2 N–H and O–H groups in total. The lowest BCUT2D eigenvalue weighted by molar-refractivity contribution is -0.113. The summed E-state index contributed by atoms with van der Waals surface area (Å²) >= 11 is 6.09. The number of hydrogen-bond donors (Lipinski definition) is 1. The SMILES string of the molecule is CN(C(=O)/C=C/CN(C)C1CC1)c1cccc(-n2cc(-c3ccc(Cl)cc3)c3c(N)ncnc32)c1. The second kappa shape index (κ2) is 9.52. The Balaban J connectivity index is 1.47. The minimum absolute atomic E-state index is 0.0721.